The zero-order valence-corrected chi connectivity index (χ0v) is 9.39. The lowest BCUT2D eigenvalue weighted by Crippen LogP contribution is -2.35. The predicted octanol–water partition coefficient (Wildman–Crippen LogP) is 0.151. The number of nitrogens with zero attached hydrogens (tertiary/aromatic N) is 3. The summed E-state index contributed by atoms with van der Waals surface area (Å²) in [5.41, 5.74) is 11.4. The van der Waals surface area contributed by atoms with E-state index in [1.54, 1.807) is 4.90 Å². The monoisotopic (exact) mass is 223 g/mol. The number of carbonyl (C=O) groups is 1. The molecule has 1 aromatic heterocycles. The summed E-state index contributed by atoms with van der Waals surface area (Å²) in [4.78, 5) is 20.6. The first-order valence-corrected chi connectivity index (χ1v) is 5.24. The van der Waals surface area contributed by atoms with Crippen LogP contribution in [0.3, 0.4) is 0 Å². The van der Waals surface area contributed by atoms with Crippen molar-refractivity contribution in [2.45, 2.75) is 19.8 Å². The third-order valence-electron chi connectivity index (χ3n) is 2.15. The van der Waals surface area contributed by atoms with Gasteiger partial charge in [0.2, 0.25) is 5.91 Å². The van der Waals surface area contributed by atoms with Gasteiger partial charge in [-0.25, -0.2) is 9.97 Å². The number of carbonyl (C=O) groups excluding carboxylic acids is 1. The molecule has 0 aromatic carbocycles. The molecule has 1 amide bonds. The quantitative estimate of drug-likeness (QED) is 0.715. The maximum absolute atomic E-state index is 11.0. The maximum Gasteiger partial charge on any atom is 0.236 e. The summed E-state index contributed by atoms with van der Waals surface area (Å²) in [7, 11) is 0. The van der Waals surface area contributed by atoms with Crippen LogP contribution in [-0.4, -0.2) is 29.0 Å². The fourth-order valence-electron chi connectivity index (χ4n) is 1.40. The van der Waals surface area contributed by atoms with E-state index in [0.29, 0.717) is 18.1 Å². The lowest BCUT2D eigenvalue weighted by molar-refractivity contribution is -0.116. The van der Waals surface area contributed by atoms with Crippen LogP contribution in [0.4, 0.5) is 11.5 Å². The number of nitrogen functional groups attached to an aromatic ring is 1. The molecule has 0 aliphatic carbocycles. The summed E-state index contributed by atoms with van der Waals surface area (Å²) < 4.78 is 0. The topological polar surface area (TPSA) is 98.1 Å². The predicted molar refractivity (Wildman–Crippen MR) is 62.8 cm³/mol. The summed E-state index contributed by atoms with van der Waals surface area (Å²) in [5.74, 6) is 0.177. The number of rotatable bonds is 6. The molecule has 0 unspecified atom stereocenters. The van der Waals surface area contributed by atoms with E-state index < -0.39 is 5.91 Å². The molecular weight excluding hydrogens is 206 g/mol. The minimum Gasteiger partial charge on any atom is -0.394 e. The van der Waals surface area contributed by atoms with Gasteiger partial charge >= 0.3 is 0 Å². The molecule has 4 N–H and O–H groups in total. The van der Waals surface area contributed by atoms with E-state index in [1.807, 2.05) is 0 Å². The fraction of sp³-hybridized carbons (Fsp3) is 0.500. The van der Waals surface area contributed by atoms with Crippen LogP contribution in [0.1, 0.15) is 19.8 Å². The van der Waals surface area contributed by atoms with Crippen molar-refractivity contribution in [3.63, 3.8) is 0 Å². The Kier molecular flexibility index (Phi) is 4.50. The number of hydrogen-bond acceptors (Lipinski definition) is 5. The fourth-order valence-corrected chi connectivity index (χ4v) is 1.40. The molecule has 0 radical (unpaired) electrons. The number of hydrogen-bond donors (Lipinski definition) is 2. The molecule has 0 fully saturated rings. The zero-order valence-electron chi connectivity index (χ0n) is 9.39. The van der Waals surface area contributed by atoms with E-state index in [-0.39, 0.29) is 6.54 Å². The molecule has 0 aliphatic rings. The molecular formula is C10H17N5O. The molecule has 16 heavy (non-hydrogen) atoms. The molecule has 0 aliphatic heterocycles. The van der Waals surface area contributed by atoms with Crippen molar-refractivity contribution in [1.82, 2.24) is 9.97 Å². The lowest BCUT2D eigenvalue weighted by atomic mass is 10.3. The van der Waals surface area contributed by atoms with E-state index in [0.717, 1.165) is 12.8 Å². The highest BCUT2D eigenvalue weighted by Gasteiger charge is 2.12. The van der Waals surface area contributed by atoms with Gasteiger partial charge in [0.05, 0.1) is 18.4 Å². The Morgan fingerprint density at radius 2 is 2.31 bits per heavy atom. The second-order valence-electron chi connectivity index (χ2n) is 3.54. The number of unbranched alkanes of at least 4 members (excludes halogenated alkanes) is 1. The molecule has 1 rings (SSSR count). The Balaban J connectivity index is 2.82. The summed E-state index contributed by atoms with van der Waals surface area (Å²) >= 11 is 0. The summed E-state index contributed by atoms with van der Waals surface area (Å²) in [6, 6.07) is 0. The van der Waals surface area contributed by atoms with Gasteiger partial charge in [0.15, 0.2) is 5.82 Å². The van der Waals surface area contributed by atoms with Crippen molar-refractivity contribution >= 4 is 17.4 Å². The first-order valence-electron chi connectivity index (χ1n) is 5.24. The van der Waals surface area contributed by atoms with E-state index in [2.05, 4.69) is 16.9 Å². The smallest absolute Gasteiger partial charge is 0.236 e. The molecule has 0 atom stereocenters. The van der Waals surface area contributed by atoms with Gasteiger partial charge in [-0.2, -0.15) is 0 Å². The van der Waals surface area contributed by atoms with Crippen LogP contribution in [0, 0.1) is 0 Å². The van der Waals surface area contributed by atoms with Gasteiger partial charge in [-0.05, 0) is 6.42 Å². The standard InChI is InChI=1S/C10H17N5O/c1-2-3-4-15(6-9(12)16)10-8(11)5-13-7-14-10/h5,7H,2-4,6,11H2,1H3,(H2,12,16). The molecule has 1 heterocycles. The number of amides is 1. The molecule has 6 heteroatoms. The van der Waals surface area contributed by atoms with E-state index in [9.17, 15) is 4.79 Å². The van der Waals surface area contributed by atoms with Crippen molar-refractivity contribution < 1.29 is 4.79 Å². The van der Waals surface area contributed by atoms with Crippen LogP contribution < -0.4 is 16.4 Å². The Bertz CT molecular complexity index is 355. The largest absolute Gasteiger partial charge is 0.394 e. The highest BCUT2D eigenvalue weighted by atomic mass is 16.1. The van der Waals surface area contributed by atoms with Crippen molar-refractivity contribution in [2.24, 2.45) is 5.73 Å². The van der Waals surface area contributed by atoms with Crippen LogP contribution >= 0.6 is 0 Å². The van der Waals surface area contributed by atoms with Gasteiger partial charge in [0.1, 0.15) is 6.33 Å². The van der Waals surface area contributed by atoms with E-state index in [1.165, 1.54) is 12.5 Å². The minimum absolute atomic E-state index is 0.126. The van der Waals surface area contributed by atoms with Gasteiger partial charge in [-0.3, -0.25) is 4.79 Å². The van der Waals surface area contributed by atoms with Gasteiger partial charge in [0, 0.05) is 6.54 Å². The van der Waals surface area contributed by atoms with Gasteiger partial charge in [0.25, 0.3) is 0 Å². The number of anilines is 2. The first kappa shape index (κ1) is 12.2. The Hall–Kier alpha value is -1.85. The average molecular weight is 223 g/mol. The van der Waals surface area contributed by atoms with Crippen LogP contribution in [0.25, 0.3) is 0 Å². The molecule has 0 saturated carbocycles. The molecule has 0 saturated heterocycles. The number of aromatic nitrogens is 2. The summed E-state index contributed by atoms with van der Waals surface area (Å²) in [5, 5.41) is 0. The van der Waals surface area contributed by atoms with Gasteiger partial charge < -0.3 is 16.4 Å². The number of primary amides is 1. The first-order chi connectivity index (χ1) is 7.65. The van der Waals surface area contributed by atoms with E-state index >= 15 is 0 Å². The van der Waals surface area contributed by atoms with Crippen molar-refractivity contribution in [3.8, 4) is 0 Å². The Morgan fingerprint density at radius 1 is 1.56 bits per heavy atom. The summed E-state index contributed by atoms with van der Waals surface area (Å²) in [6.45, 7) is 2.91. The van der Waals surface area contributed by atoms with Crippen LogP contribution in [0.2, 0.25) is 0 Å². The van der Waals surface area contributed by atoms with Gasteiger partial charge in [-0.1, -0.05) is 13.3 Å². The van der Waals surface area contributed by atoms with Crippen LogP contribution in [0.15, 0.2) is 12.5 Å². The second kappa shape index (κ2) is 5.89. The highest BCUT2D eigenvalue weighted by molar-refractivity contribution is 5.80. The minimum atomic E-state index is -0.394. The number of nitrogens with two attached hydrogens (primary N) is 2. The zero-order chi connectivity index (χ0) is 12.0. The average Bonchev–Trinajstić information content (AvgIpc) is 2.24. The molecule has 0 bridgehead atoms. The third-order valence-corrected chi connectivity index (χ3v) is 2.15. The summed E-state index contributed by atoms with van der Waals surface area (Å²) in [6.07, 6.45) is 4.91. The maximum atomic E-state index is 11.0. The molecule has 1 aromatic rings. The normalized spacial score (nSPS) is 10.1. The molecule has 6 nitrogen and oxygen atoms in total. The van der Waals surface area contributed by atoms with Crippen molar-refractivity contribution in [2.75, 3.05) is 23.7 Å². The van der Waals surface area contributed by atoms with Crippen LogP contribution in [-0.2, 0) is 4.79 Å². The molecule has 88 valence electrons. The molecule has 0 spiro atoms. The van der Waals surface area contributed by atoms with Crippen molar-refractivity contribution in [1.29, 1.82) is 0 Å². The second-order valence-corrected chi connectivity index (χ2v) is 3.54. The van der Waals surface area contributed by atoms with Crippen LogP contribution in [0.5, 0.6) is 0 Å². The SMILES string of the molecule is CCCCN(CC(N)=O)c1ncncc1N. The Morgan fingerprint density at radius 3 is 2.88 bits per heavy atom. The lowest BCUT2D eigenvalue weighted by Gasteiger charge is -2.22. The third kappa shape index (κ3) is 3.38. The highest BCUT2D eigenvalue weighted by Crippen LogP contribution is 2.18. The Labute approximate surface area is 94.7 Å². The van der Waals surface area contributed by atoms with Gasteiger partial charge in [-0.15, -0.1) is 0 Å². The van der Waals surface area contributed by atoms with Crippen molar-refractivity contribution in [3.05, 3.63) is 12.5 Å². The van der Waals surface area contributed by atoms with E-state index in [4.69, 9.17) is 11.5 Å².